The molecule has 0 atom stereocenters. The lowest BCUT2D eigenvalue weighted by molar-refractivity contribution is 0.0945. The van der Waals surface area contributed by atoms with Crippen LogP contribution in [0.2, 0.25) is 0 Å². The molecule has 2 rings (SSSR count). The highest BCUT2D eigenvalue weighted by Gasteiger charge is 2.64. The number of carbonyl (C=O) groups excluding carboxylic acids is 1. The molecule has 0 unspecified atom stereocenters. The highest BCUT2D eigenvalue weighted by molar-refractivity contribution is 5.92. The van der Waals surface area contributed by atoms with E-state index in [1.165, 1.54) is 0 Å². The molecule has 112 valence electrons. The average molecular weight is 285 g/mol. The lowest BCUT2D eigenvalue weighted by Gasteiger charge is -2.06. The summed E-state index contributed by atoms with van der Waals surface area (Å²) in [6.45, 7) is 9.98. The van der Waals surface area contributed by atoms with Crippen LogP contribution >= 0.6 is 0 Å². The zero-order valence-electron chi connectivity index (χ0n) is 13.2. The third-order valence-corrected chi connectivity index (χ3v) is 5.12. The van der Waals surface area contributed by atoms with Gasteiger partial charge < -0.3 is 11.1 Å². The van der Waals surface area contributed by atoms with Crippen molar-refractivity contribution >= 4 is 5.91 Å². The zero-order chi connectivity index (χ0) is 15.7. The van der Waals surface area contributed by atoms with Crippen molar-refractivity contribution in [3.8, 4) is 11.8 Å². The van der Waals surface area contributed by atoms with Crippen molar-refractivity contribution < 1.29 is 4.79 Å². The molecule has 0 bridgehead atoms. The number of aromatic nitrogens is 1. The van der Waals surface area contributed by atoms with Gasteiger partial charge in [-0.25, -0.2) is 4.98 Å². The van der Waals surface area contributed by atoms with Gasteiger partial charge in [-0.2, -0.15) is 0 Å². The van der Waals surface area contributed by atoms with E-state index in [0.29, 0.717) is 24.7 Å². The Morgan fingerprint density at radius 1 is 1.33 bits per heavy atom. The Kier molecular flexibility index (Phi) is 4.06. The van der Waals surface area contributed by atoms with Crippen molar-refractivity contribution in [2.24, 2.45) is 22.5 Å². The van der Waals surface area contributed by atoms with E-state index in [9.17, 15) is 4.79 Å². The Morgan fingerprint density at radius 2 is 2.00 bits per heavy atom. The third kappa shape index (κ3) is 2.93. The molecule has 21 heavy (non-hydrogen) atoms. The number of pyridine rings is 1. The maximum absolute atomic E-state index is 12.1. The van der Waals surface area contributed by atoms with Gasteiger partial charge in [-0.3, -0.25) is 4.79 Å². The number of nitrogens with zero attached hydrogens (tertiary/aromatic N) is 1. The predicted octanol–water partition coefficient (Wildman–Crippen LogP) is 1.80. The first-order valence-corrected chi connectivity index (χ1v) is 7.24. The monoisotopic (exact) mass is 285 g/mol. The molecule has 1 aliphatic carbocycles. The minimum Gasteiger partial charge on any atom is -0.350 e. The Labute approximate surface area is 126 Å². The summed E-state index contributed by atoms with van der Waals surface area (Å²) < 4.78 is 0. The van der Waals surface area contributed by atoms with Crippen LogP contribution in [-0.2, 0) is 0 Å². The summed E-state index contributed by atoms with van der Waals surface area (Å²) in [6.07, 6.45) is 1.60. The van der Waals surface area contributed by atoms with E-state index in [-0.39, 0.29) is 16.7 Å². The van der Waals surface area contributed by atoms with Gasteiger partial charge in [0.1, 0.15) is 5.69 Å². The van der Waals surface area contributed by atoms with Crippen LogP contribution < -0.4 is 11.1 Å². The number of nitrogens with two attached hydrogens (primary N) is 1. The number of hydrogen-bond acceptors (Lipinski definition) is 3. The van der Waals surface area contributed by atoms with E-state index in [2.05, 4.69) is 49.8 Å². The second-order valence-corrected chi connectivity index (χ2v) is 6.64. The van der Waals surface area contributed by atoms with E-state index in [4.69, 9.17) is 5.73 Å². The Balaban J connectivity index is 1.93. The van der Waals surface area contributed by atoms with Crippen molar-refractivity contribution in [2.75, 3.05) is 13.1 Å². The molecule has 3 N–H and O–H groups in total. The number of hydrogen-bond donors (Lipinski definition) is 2. The van der Waals surface area contributed by atoms with Gasteiger partial charge in [0.05, 0.1) is 6.54 Å². The lowest BCUT2D eigenvalue weighted by Crippen LogP contribution is -2.27. The molecule has 0 aromatic carbocycles. The van der Waals surface area contributed by atoms with Crippen molar-refractivity contribution in [1.29, 1.82) is 0 Å². The molecule has 0 radical (unpaired) electrons. The molecule has 4 heteroatoms. The summed E-state index contributed by atoms with van der Waals surface area (Å²) in [5.74, 6) is 6.01. The number of nitrogens with one attached hydrogen (secondary N) is 1. The van der Waals surface area contributed by atoms with Crippen LogP contribution in [0.4, 0.5) is 0 Å². The molecule has 1 aliphatic rings. The number of carbonyl (C=O) groups is 1. The predicted molar refractivity (Wildman–Crippen MR) is 83.6 cm³/mol. The van der Waals surface area contributed by atoms with E-state index in [0.717, 1.165) is 5.56 Å². The smallest absolute Gasteiger partial charge is 0.269 e. The maximum Gasteiger partial charge on any atom is 0.269 e. The molecular weight excluding hydrogens is 262 g/mol. The molecule has 0 aliphatic heterocycles. The van der Waals surface area contributed by atoms with Crippen LogP contribution in [0.1, 0.15) is 43.7 Å². The SMILES string of the molecule is CC1(C)C(CNC(=O)c2ccc(C#CCN)cn2)C1(C)C. The highest BCUT2D eigenvalue weighted by Crippen LogP contribution is 2.67. The Bertz CT molecular complexity index is 577. The molecule has 1 fully saturated rings. The molecule has 0 saturated heterocycles. The topological polar surface area (TPSA) is 68.0 Å². The first kappa shape index (κ1) is 15.5. The molecule has 1 heterocycles. The fourth-order valence-corrected chi connectivity index (χ4v) is 2.88. The van der Waals surface area contributed by atoms with Gasteiger partial charge in [-0.05, 0) is 28.9 Å². The molecule has 1 amide bonds. The van der Waals surface area contributed by atoms with Crippen LogP contribution in [0, 0.1) is 28.6 Å². The fraction of sp³-hybridized carbons (Fsp3) is 0.529. The Hall–Kier alpha value is -1.86. The molecule has 1 aromatic heterocycles. The summed E-state index contributed by atoms with van der Waals surface area (Å²) >= 11 is 0. The minimum absolute atomic E-state index is 0.133. The van der Waals surface area contributed by atoms with Crippen molar-refractivity contribution in [1.82, 2.24) is 10.3 Å². The van der Waals surface area contributed by atoms with Gasteiger partial charge in [0.25, 0.3) is 5.91 Å². The van der Waals surface area contributed by atoms with Crippen molar-refractivity contribution in [3.63, 3.8) is 0 Å². The summed E-state index contributed by atoms with van der Waals surface area (Å²) in [7, 11) is 0. The largest absolute Gasteiger partial charge is 0.350 e. The minimum atomic E-state index is -0.133. The first-order chi connectivity index (χ1) is 9.80. The average Bonchev–Trinajstić information content (AvgIpc) is 2.84. The normalized spacial score (nSPS) is 18.5. The van der Waals surface area contributed by atoms with E-state index in [1.807, 2.05) is 0 Å². The molecule has 1 saturated carbocycles. The van der Waals surface area contributed by atoms with E-state index < -0.39 is 0 Å². The fourth-order valence-electron chi connectivity index (χ4n) is 2.88. The van der Waals surface area contributed by atoms with Crippen molar-refractivity contribution in [3.05, 3.63) is 29.6 Å². The van der Waals surface area contributed by atoms with Gasteiger partial charge in [-0.15, -0.1) is 0 Å². The van der Waals surface area contributed by atoms with Crippen LogP contribution in [0.25, 0.3) is 0 Å². The second-order valence-electron chi connectivity index (χ2n) is 6.64. The van der Waals surface area contributed by atoms with Gasteiger partial charge in [0.2, 0.25) is 0 Å². The third-order valence-electron chi connectivity index (χ3n) is 5.12. The van der Waals surface area contributed by atoms with Crippen LogP contribution in [-0.4, -0.2) is 24.0 Å². The van der Waals surface area contributed by atoms with Gasteiger partial charge >= 0.3 is 0 Å². The Morgan fingerprint density at radius 3 is 2.48 bits per heavy atom. The maximum atomic E-state index is 12.1. The highest BCUT2D eigenvalue weighted by atomic mass is 16.1. The second kappa shape index (κ2) is 5.50. The van der Waals surface area contributed by atoms with Crippen molar-refractivity contribution in [2.45, 2.75) is 27.7 Å². The van der Waals surface area contributed by atoms with Crippen LogP contribution in [0.15, 0.2) is 18.3 Å². The molecular formula is C17H23N3O. The van der Waals surface area contributed by atoms with E-state index in [1.54, 1.807) is 18.3 Å². The van der Waals surface area contributed by atoms with E-state index >= 15 is 0 Å². The number of amides is 1. The quantitative estimate of drug-likeness (QED) is 0.832. The lowest BCUT2D eigenvalue weighted by atomic mass is 10.0. The van der Waals surface area contributed by atoms with Gasteiger partial charge in [0, 0.05) is 18.3 Å². The summed E-state index contributed by atoms with van der Waals surface area (Å²) in [4.78, 5) is 16.2. The summed E-state index contributed by atoms with van der Waals surface area (Å²) in [6, 6.07) is 3.48. The standard InChI is InChI=1S/C17H23N3O/c1-16(2)14(17(16,3)4)11-20-15(21)13-8-7-12(10-19-13)6-5-9-18/h7-8,10,14H,9,11,18H2,1-4H3,(H,20,21). The summed E-state index contributed by atoms with van der Waals surface area (Å²) in [5, 5.41) is 2.98. The molecule has 1 aromatic rings. The molecule has 0 spiro atoms. The summed E-state index contributed by atoms with van der Waals surface area (Å²) in [5.41, 5.74) is 7.05. The van der Waals surface area contributed by atoms with Crippen LogP contribution in [0.3, 0.4) is 0 Å². The molecule has 4 nitrogen and oxygen atoms in total. The van der Waals surface area contributed by atoms with Gasteiger partial charge in [0.15, 0.2) is 0 Å². The van der Waals surface area contributed by atoms with Gasteiger partial charge in [-0.1, -0.05) is 39.5 Å². The number of rotatable bonds is 3. The zero-order valence-corrected chi connectivity index (χ0v) is 13.2. The first-order valence-electron chi connectivity index (χ1n) is 7.24. The van der Waals surface area contributed by atoms with Crippen LogP contribution in [0.5, 0.6) is 0 Å².